The highest BCUT2D eigenvalue weighted by atomic mass is 16.2. The molecule has 2 rings (SSSR count). The number of nitrogens with one attached hydrogen (secondary N) is 1. The highest BCUT2D eigenvalue weighted by molar-refractivity contribution is 5.91. The SMILES string of the molecule is CC(=O)N(CCC(=O)Nc1ccc(N(C)C)cc1)CCC1=CCCCC1. The van der Waals surface area contributed by atoms with E-state index in [2.05, 4.69) is 11.4 Å². The van der Waals surface area contributed by atoms with Crippen molar-refractivity contribution in [3.05, 3.63) is 35.9 Å². The summed E-state index contributed by atoms with van der Waals surface area (Å²) in [5.41, 5.74) is 3.32. The van der Waals surface area contributed by atoms with Crippen molar-refractivity contribution in [3.63, 3.8) is 0 Å². The Labute approximate surface area is 157 Å². The van der Waals surface area contributed by atoms with Gasteiger partial charge in [-0.3, -0.25) is 9.59 Å². The molecule has 0 saturated heterocycles. The van der Waals surface area contributed by atoms with Gasteiger partial charge in [-0.15, -0.1) is 0 Å². The van der Waals surface area contributed by atoms with Crippen LogP contribution in [-0.2, 0) is 9.59 Å². The summed E-state index contributed by atoms with van der Waals surface area (Å²) < 4.78 is 0. The Bertz CT molecular complexity index is 635. The van der Waals surface area contributed by atoms with E-state index in [1.807, 2.05) is 43.3 Å². The average molecular weight is 357 g/mol. The van der Waals surface area contributed by atoms with Crippen molar-refractivity contribution in [3.8, 4) is 0 Å². The van der Waals surface area contributed by atoms with E-state index in [1.165, 1.54) is 18.4 Å². The number of rotatable bonds is 8. The predicted molar refractivity (Wildman–Crippen MR) is 107 cm³/mol. The first kappa shape index (κ1) is 20.0. The van der Waals surface area contributed by atoms with E-state index in [0.717, 1.165) is 30.6 Å². The van der Waals surface area contributed by atoms with Gasteiger partial charge in [0.15, 0.2) is 0 Å². The second-order valence-corrected chi connectivity index (χ2v) is 7.10. The van der Waals surface area contributed by atoms with Gasteiger partial charge in [0.25, 0.3) is 0 Å². The molecule has 1 aromatic rings. The van der Waals surface area contributed by atoms with E-state index in [9.17, 15) is 9.59 Å². The van der Waals surface area contributed by atoms with Gasteiger partial charge < -0.3 is 15.1 Å². The summed E-state index contributed by atoms with van der Waals surface area (Å²) in [5.74, 6) is -0.0321. The molecule has 0 unspecified atom stereocenters. The molecule has 0 saturated carbocycles. The third-order valence-corrected chi connectivity index (χ3v) is 4.81. The third-order valence-electron chi connectivity index (χ3n) is 4.81. The summed E-state index contributed by atoms with van der Waals surface area (Å²) in [7, 11) is 3.96. The lowest BCUT2D eigenvalue weighted by Crippen LogP contribution is -2.33. The maximum absolute atomic E-state index is 12.2. The van der Waals surface area contributed by atoms with Crippen molar-refractivity contribution in [1.29, 1.82) is 0 Å². The van der Waals surface area contributed by atoms with E-state index in [1.54, 1.807) is 11.8 Å². The summed E-state index contributed by atoms with van der Waals surface area (Å²) >= 11 is 0. The van der Waals surface area contributed by atoms with Crippen LogP contribution in [0, 0.1) is 0 Å². The molecule has 1 N–H and O–H groups in total. The van der Waals surface area contributed by atoms with Crippen LogP contribution in [0.1, 0.15) is 45.4 Å². The lowest BCUT2D eigenvalue weighted by molar-refractivity contribution is -0.129. The fraction of sp³-hybridized carbons (Fsp3) is 0.524. The molecule has 0 heterocycles. The van der Waals surface area contributed by atoms with Crippen LogP contribution in [0.2, 0.25) is 0 Å². The Morgan fingerprint density at radius 1 is 1.08 bits per heavy atom. The van der Waals surface area contributed by atoms with Crippen LogP contribution in [0.25, 0.3) is 0 Å². The van der Waals surface area contributed by atoms with Gasteiger partial charge in [-0.1, -0.05) is 11.6 Å². The number of carbonyl (C=O) groups is 2. The Hall–Kier alpha value is -2.30. The topological polar surface area (TPSA) is 52.7 Å². The van der Waals surface area contributed by atoms with Crippen LogP contribution >= 0.6 is 0 Å². The zero-order chi connectivity index (χ0) is 18.9. The molecule has 142 valence electrons. The van der Waals surface area contributed by atoms with Crippen molar-refractivity contribution in [1.82, 2.24) is 4.90 Å². The highest BCUT2D eigenvalue weighted by Gasteiger charge is 2.13. The van der Waals surface area contributed by atoms with Crippen LogP contribution in [0.4, 0.5) is 11.4 Å². The van der Waals surface area contributed by atoms with Gasteiger partial charge in [0.05, 0.1) is 0 Å². The first-order chi connectivity index (χ1) is 12.5. The number of amides is 2. The summed E-state index contributed by atoms with van der Waals surface area (Å²) in [6, 6.07) is 7.72. The Kier molecular flexibility index (Phi) is 7.70. The highest BCUT2D eigenvalue weighted by Crippen LogP contribution is 2.20. The van der Waals surface area contributed by atoms with Gasteiger partial charge in [-0.05, 0) is 56.4 Å². The Balaban J connectivity index is 1.78. The van der Waals surface area contributed by atoms with Crippen LogP contribution in [0.3, 0.4) is 0 Å². The Morgan fingerprint density at radius 3 is 2.38 bits per heavy atom. The first-order valence-electron chi connectivity index (χ1n) is 9.46. The number of hydrogen-bond donors (Lipinski definition) is 1. The minimum atomic E-state index is -0.0641. The molecule has 0 radical (unpaired) electrons. The molecule has 0 aliphatic heterocycles. The average Bonchev–Trinajstić information content (AvgIpc) is 2.62. The lowest BCUT2D eigenvalue weighted by Gasteiger charge is -2.22. The fourth-order valence-corrected chi connectivity index (χ4v) is 3.14. The zero-order valence-electron chi connectivity index (χ0n) is 16.3. The number of nitrogens with zero attached hydrogens (tertiary/aromatic N) is 2. The van der Waals surface area contributed by atoms with Gasteiger partial charge in [-0.25, -0.2) is 0 Å². The van der Waals surface area contributed by atoms with Crippen LogP contribution in [0.5, 0.6) is 0 Å². The molecule has 1 aromatic carbocycles. The minimum absolute atomic E-state index is 0.0320. The van der Waals surface area contributed by atoms with Gasteiger partial charge in [0, 0.05) is 51.9 Å². The number of carbonyl (C=O) groups excluding carboxylic acids is 2. The van der Waals surface area contributed by atoms with Crippen molar-refractivity contribution in [2.45, 2.75) is 45.4 Å². The van der Waals surface area contributed by atoms with E-state index < -0.39 is 0 Å². The third kappa shape index (κ3) is 6.54. The largest absolute Gasteiger partial charge is 0.378 e. The van der Waals surface area contributed by atoms with Crippen molar-refractivity contribution in [2.75, 3.05) is 37.4 Å². The second kappa shape index (κ2) is 10.00. The molecule has 5 nitrogen and oxygen atoms in total. The molecule has 0 spiro atoms. The molecule has 0 aromatic heterocycles. The number of allylic oxidation sites excluding steroid dienone is 1. The maximum atomic E-state index is 12.2. The first-order valence-corrected chi connectivity index (χ1v) is 9.46. The molecule has 2 amide bonds. The van der Waals surface area contributed by atoms with E-state index in [0.29, 0.717) is 19.5 Å². The number of hydrogen-bond acceptors (Lipinski definition) is 3. The fourth-order valence-electron chi connectivity index (χ4n) is 3.14. The molecule has 1 aliphatic carbocycles. The monoisotopic (exact) mass is 357 g/mol. The molecular weight excluding hydrogens is 326 g/mol. The second-order valence-electron chi connectivity index (χ2n) is 7.10. The normalized spacial score (nSPS) is 13.7. The van der Waals surface area contributed by atoms with Crippen LogP contribution < -0.4 is 10.2 Å². The van der Waals surface area contributed by atoms with Gasteiger partial charge in [0.1, 0.15) is 0 Å². The summed E-state index contributed by atoms with van der Waals surface area (Å²) in [6.07, 6.45) is 8.38. The predicted octanol–water partition coefficient (Wildman–Crippen LogP) is 3.82. The van der Waals surface area contributed by atoms with Gasteiger partial charge in [0.2, 0.25) is 11.8 Å². The molecular formula is C21H31N3O2. The van der Waals surface area contributed by atoms with Crippen molar-refractivity contribution >= 4 is 23.2 Å². The standard InChI is InChI=1S/C21H31N3O2/c1-17(25)24(15-13-18-7-5-4-6-8-18)16-14-21(26)22-19-9-11-20(12-10-19)23(2)3/h7,9-12H,4-6,8,13-16H2,1-3H3,(H,22,26). The van der Waals surface area contributed by atoms with Crippen LogP contribution in [-0.4, -0.2) is 43.9 Å². The molecule has 5 heteroatoms. The number of anilines is 2. The molecule has 0 fully saturated rings. The lowest BCUT2D eigenvalue weighted by atomic mass is 9.97. The summed E-state index contributed by atoms with van der Waals surface area (Å²) in [6.45, 7) is 2.74. The summed E-state index contributed by atoms with van der Waals surface area (Å²) in [4.78, 5) is 27.8. The van der Waals surface area contributed by atoms with Crippen LogP contribution in [0.15, 0.2) is 35.9 Å². The molecule has 26 heavy (non-hydrogen) atoms. The molecule has 0 atom stereocenters. The minimum Gasteiger partial charge on any atom is -0.378 e. The smallest absolute Gasteiger partial charge is 0.226 e. The van der Waals surface area contributed by atoms with Crippen molar-refractivity contribution < 1.29 is 9.59 Å². The van der Waals surface area contributed by atoms with E-state index >= 15 is 0 Å². The zero-order valence-corrected chi connectivity index (χ0v) is 16.3. The quantitative estimate of drug-likeness (QED) is 0.720. The maximum Gasteiger partial charge on any atom is 0.226 e. The van der Waals surface area contributed by atoms with E-state index in [4.69, 9.17) is 0 Å². The molecule has 0 bridgehead atoms. The summed E-state index contributed by atoms with van der Waals surface area (Å²) in [5, 5.41) is 2.90. The number of benzene rings is 1. The van der Waals surface area contributed by atoms with Gasteiger partial charge >= 0.3 is 0 Å². The Morgan fingerprint density at radius 2 is 1.81 bits per heavy atom. The van der Waals surface area contributed by atoms with Gasteiger partial charge in [-0.2, -0.15) is 0 Å². The molecule has 1 aliphatic rings. The van der Waals surface area contributed by atoms with E-state index in [-0.39, 0.29) is 11.8 Å². The van der Waals surface area contributed by atoms with Crippen molar-refractivity contribution in [2.24, 2.45) is 0 Å².